The summed E-state index contributed by atoms with van der Waals surface area (Å²) in [6.07, 6.45) is 5.96. The molecule has 3 rings (SSSR count). The van der Waals surface area contributed by atoms with E-state index in [0.717, 1.165) is 30.2 Å². The molecule has 0 amide bonds. The van der Waals surface area contributed by atoms with Gasteiger partial charge in [-0.3, -0.25) is 0 Å². The summed E-state index contributed by atoms with van der Waals surface area (Å²) in [5.74, 6) is 0. The van der Waals surface area contributed by atoms with E-state index >= 15 is 0 Å². The van der Waals surface area contributed by atoms with Crippen LogP contribution in [-0.4, -0.2) is 26.6 Å². The second-order valence-corrected chi connectivity index (χ2v) is 4.67. The van der Waals surface area contributed by atoms with Gasteiger partial charge in [-0.2, -0.15) is 0 Å². The van der Waals surface area contributed by atoms with Crippen LogP contribution in [0.5, 0.6) is 0 Å². The first-order valence-electron chi connectivity index (χ1n) is 5.32. The molecular formula is C10H12N4OS. The highest BCUT2D eigenvalue weighted by atomic mass is 32.1. The van der Waals surface area contributed by atoms with Gasteiger partial charge in [0.25, 0.3) is 0 Å². The molecule has 0 unspecified atom stereocenters. The van der Waals surface area contributed by atoms with Gasteiger partial charge in [-0.25, -0.2) is 9.67 Å². The van der Waals surface area contributed by atoms with Crippen molar-refractivity contribution < 1.29 is 4.74 Å². The molecule has 1 aliphatic rings. The molecule has 84 valence electrons. The van der Waals surface area contributed by atoms with E-state index in [1.54, 1.807) is 22.2 Å². The molecule has 2 aromatic rings. The Morgan fingerprint density at radius 2 is 2.56 bits per heavy atom. The zero-order chi connectivity index (χ0) is 10.8. The summed E-state index contributed by atoms with van der Waals surface area (Å²) >= 11 is 1.67. The molecule has 16 heavy (non-hydrogen) atoms. The first-order chi connectivity index (χ1) is 7.92. The Labute approximate surface area is 97.1 Å². The summed E-state index contributed by atoms with van der Waals surface area (Å²) in [6.45, 7) is 1.55. The van der Waals surface area contributed by atoms with E-state index in [4.69, 9.17) is 4.74 Å². The Kier molecular flexibility index (Phi) is 2.67. The molecule has 1 fully saturated rings. The standard InChI is InChI=1S/C10H12N4OS/c1-2-9(15-5-1)10-12-8(7-16-10)6-14-4-3-11-13-14/h3-4,7,9H,1-2,5-6H2/t9-/m1/s1. The van der Waals surface area contributed by atoms with Crippen molar-refractivity contribution in [3.05, 3.63) is 28.5 Å². The largest absolute Gasteiger partial charge is 0.371 e. The molecule has 1 aliphatic heterocycles. The average molecular weight is 236 g/mol. The number of hydrogen-bond acceptors (Lipinski definition) is 5. The maximum Gasteiger partial charge on any atom is 0.122 e. The zero-order valence-electron chi connectivity index (χ0n) is 8.74. The van der Waals surface area contributed by atoms with Crippen LogP contribution in [0.1, 0.15) is 29.6 Å². The fraction of sp³-hybridized carbons (Fsp3) is 0.500. The SMILES string of the molecule is c1cn(Cc2csc([C@H]3CCCO3)n2)nn1. The van der Waals surface area contributed by atoms with Crippen LogP contribution in [0.4, 0.5) is 0 Å². The molecule has 0 bridgehead atoms. The van der Waals surface area contributed by atoms with Gasteiger partial charge in [0.05, 0.1) is 18.4 Å². The van der Waals surface area contributed by atoms with E-state index in [0.29, 0.717) is 6.54 Å². The molecule has 5 nitrogen and oxygen atoms in total. The molecular weight excluding hydrogens is 224 g/mol. The van der Waals surface area contributed by atoms with Crippen molar-refractivity contribution in [1.82, 2.24) is 20.0 Å². The highest BCUT2D eigenvalue weighted by molar-refractivity contribution is 7.09. The van der Waals surface area contributed by atoms with Crippen LogP contribution in [0.25, 0.3) is 0 Å². The number of aromatic nitrogens is 4. The van der Waals surface area contributed by atoms with E-state index in [1.807, 2.05) is 6.20 Å². The summed E-state index contributed by atoms with van der Waals surface area (Å²) in [4.78, 5) is 4.57. The van der Waals surface area contributed by atoms with Crippen molar-refractivity contribution in [3.63, 3.8) is 0 Å². The lowest BCUT2D eigenvalue weighted by molar-refractivity contribution is 0.111. The van der Waals surface area contributed by atoms with Crippen LogP contribution in [0, 0.1) is 0 Å². The molecule has 0 radical (unpaired) electrons. The minimum atomic E-state index is 0.217. The summed E-state index contributed by atoms with van der Waals surface area (Å²) in [5, 5.41) is 10.8. The zero-order valence-corrected chi connectivity index (χ0v) is 9.56. The van der Waals surface area contributed by atoms with Crippen LogP contribution in [0.2, 0.25) is 0 Å². The molecule has 3 heterocycles. The Morgan fingerprint density at radius 3 is 3.31 bits per heavy atom. The number of rotatable bonds is 3. The molecule has 0 aromatic carbocycles. The van der Waals surface area contributed by atoms with Crippen molar-refractivity contribution in [2.75, 3.05) is 6.61 Å². The molecule has 0 aliphatic carbocycles. The lowest BCUT2D eigenvalue weighted by atomic mass is 10.2. The topological polar surface area (TPSA) is 52.8 Å². The summed E-state index contributed by atoms with van der Waals surface area (Å²) in [7, 11) is 0. The molecule has 0 saturated carbocycles. The third kappa shape index (κ3) is 1.98. The van der Waals surface area contributed by atoms with E-state index < -0.39 is 0 Å². The molecule has 2 aromatic heterocycles. The van der Waals surface area contributed by atoms with Crippen molar-refractivity contribution in [2.45, 2.75) is 25.5 Å². The lowest BCUT2D eigenvalue weighted by Gasteiger charge is -2.03. The van der Waals surface area contributed by atoms with E-state index in [9.17, 15) is 0 Å². The predicted octanol–water partition coefficient (Wildman–Crippen LogP) is 1.63. The second-order valence-electron chi connectivity index (χ2n) is 3.78. The van der Waals surface area contributed by atoms with Crippen molar-refractivity contribution in [2.24, 2.45) is 0 Å². The third-order valence-corrected chi connectivity index (χ3v) is 3.56. The highest BCUT2D eigenvalue weighted by Gasteiger charge is 2.20. The van der Waals surface area contributed by atoms with Crippen LogP contribution in [-0.2, 0) is 11.3 Å². The van der Waals surface area contributed by atoms with Gasteiger partial charge in [0.15, 0.2) is 0 Å². The van der Waals surface area contributed by atoms with E-state index in [1.165, 1.54) is 0 Å². The van der Waals surface area contributed by atoms with Gasteiger partial charge in [-0.05, 0) is 12.8 Å². The summed E-state index contributed by atoms with van der Waals surface area (Å²) in [6, 6.07) is 0. The Morgan fingerprint density at radius 1 is 1.56 bits per heavy atom. The summed E-state index contributed by atoms with van der Waals surface area (Å²) < 4.78 is 7.37. The number of thiazole rings is 1. The lowest BCUT2D eigenvalue weighted by Crippen LogP contribution is -2.02. The van der Waals surface area contributed by atoms with Crippen LogP contribution in [0.15, 0.2) is 17.8 Å². The molecule has 0 spiro atoms. The Bertz CT molecular complexity index is 447. The molecule has 1 saturated heterocycles. The van der Waals surface area contributed by atoms with Gasteiger partial charge < -0.3 is 4.74 Å². The Hall–Kier alpha value is -1.27. The van der Waals surface area contributed by atoms with Gasteiger partial charge in [-0.1, -0.05) is 5.21 Å². The minimum Gasteiger partial charge on any atom is -0.371 e. The maximum atomic E-state index is 5.60. The van der Waals surface area contributed by atoms with E-state index in [2.05, 4.69) is 20.7 Å². The molecule has 1 atom stereocenters. The first-order valence-corrected chi connectivity index (χ1v) is 6.20. The van der Waals surface area contributed by atoms with Crippen molar-refractivity contribution in [1.29, 1.82) is 0 Å². The average Bonchev–Trinajstić information content (AvgIpc) is 2.99. The monoisotopic (exact) mass is 236 g/mol. The molecule has 0 N–H and O–H groups in total. The number of hydrogen-bond donors (Lipinski definition) is 0. The van der Waals surface area contributed by atoms with Gasteiger partial charge in [0.2, 0.25) is 0 Å². The van der Waals surface area contributed by atoms with Crippen LogP contribution >= 0.6 is 11.3 Å². The van der Waals surface area contributed by atoms with Crippen LogP contribution in [0.3, 0.4) is 0 Å². The van der Waals surface area contributed by atoms with Gasteiger partial charge in [0, 0.05) is 18.2 Å². The third-order valence-electron chi connectivity index (χ3n) is 2.57. The quantitative estimate of drug-likeness (QED) is 0.813. The first kappa shape index (κ1) is 9.92. The summed E-state index contributed by atoms with van der Waals surface area (Å²) in [5.41, 5.74) is 1.03. The van der Waals surface area contributed by atoms with Crippen molar-refractivity contribution in [3.8, 4) is 0 Å². The normalized spacial score (nSPS) is 20.4. The number of nitrogens with zero attached hydrogens (tertiary/aromatic N) is 4. The van der Waals surface area contributed by atoms with Crippen LogP contribution < -0.4 is 0 Å². The Balaban J connectivity index is 1.72. The fourth-order valence-corrected chi connectivity index (χ4v) is 2.69. The number of ether oxygens (including phenoxy) is 1. The highest BCUT2D eigenvalue weighted by Crippen LogP contribution is 2.30. The van der Waals surface area contributed by atoms with Gasteiger partial charge in [-0.15, -0.1) is 16.4 Å². The fourth-order valence-electron chi connectivity index (χ4n) is 1.80. The second kappa shape index (κ2) is 4.31. The van der Waals surface area contributed by atoms with Gasteiger partial charge in [0.1, 0.15) is 11.1 Å². The maximum absolute atomic E-state index is 5.60. The smallest absolute Gasteiger partial charge is 0.122 e. The minimum absolute atomic E-state index is 0.217. The van der Waals surface area contributed by atoms with Gasteiger partial charge >= 0.3 is 0 Å². The molecule has 6 heteroatoms. The van der Waals surface area contributed by atoms with Crippen molar-refractivity contribution >= 4 is 11.3 Å². The van der Waals surface area contributed by atoms with E-state index in [-0.39, 0.29) is 6.10 Å². The predicted molar refractivity (Wildman–Crippen MR) is 59.2 cm³/mol.